The van der Waals surface area contributed by atoms with Crippen molar-refractivity contribution in [1.82, 2.24) is 9.88 Å². The second-order valence-corrected chi connectivity index (χ2v) is 7.31. The first-order valence-corrected chi connectivity index (χ1v) is 9.52. The van der Waals surface area contributed by atoms with Crippen LogP contribution in [0.1, 0.15) is 17.2 Å². The summed E-state index contributed by atoms with van der Waals surface area (Å²) >= 11 is 12.3. The average Bonchev–Trinajstić information content (AvgIpc) is 2.69. The summed E-state index contributed by atoms with van der Waals surface area (Å²) in [7, 11) is 1.31. The lowest BCUT2D eigenvalue weighted by Gasteiger charge is -2.39. The molecule has 1 fully saturated rings. The average molecular weight is 448 g/mol. The molecule has 1 aliphatic rings. The maximum absolute atomic E-state index is 12.8. The Bertz CT molecular complexity index is 887. The van der Waals surface area contributed by atoms with Gasteiger partial charge < -0.3 is 9.64 Å². The predicted octanol–water partition coefficient (Wildman–Crippen LogP) is 4.44. The number of nitrogens with zero attached hydrogens (tertiary/aromatic N) is 3. The van der Waals surface area contributed by atoms with Crippen molar-refractivity contribution < 1.29 is 22.7 Å². The fraction of sp³-hybridized carbons (Fsp3) is 0.368. The molecular weight excluding hydrogens is 430 g/mol. The van der Waals surface area contributed by atoms with Crippen LogP contribution < -0.4 is 4.90 Å². The van der Waals surface area contributed by atoms with Gasteiger partial charge in [0.2, 0.25) is 0 Å². The van der Waals surface area contributed by atoms with Gasteiger partial charge >= 0.3 is 12.1 Å². The molecule has 2 heterocycles. The zero-order chi connectivity index (χ0) is 21.2. The minimum absolute atomic E-state index is 0.0658. The molecular formula is C19H18Cl2F3N3O2. The Morgan fingerprint density at radius 3 is 2.34 bits per heavy atom. The number of carbonyl (C=O) groups is 1. The van der Waals surface area contributed by atoms with Crippen LogP contribution in [0.25, 0.3) is 0 Å². The van der Waals surface area contributed by atoms with Gasteiger partial charge in [0.05, 0.1) is 17.7 Å². The Morgan fingerprint density at radius 1 is 1.14 bits per heavy atom. The second-order valence-electron chi connectivity index (χ2n) is 6.50. The number of pyridine rings is 1. The van der Waals surface area contributed by atoms with Crippen LogP contribution in [0.5, 0.6) is 0 Å². The van der Waals surface area contributed by atoms with Gasteiger partial charge in [0.15, 0.2) is 0 Å². The lowest BCUT2D eigenvalue weighted by atomic mass is 10.0. The van der Waals surface area contributed by atoms with E-state index in [2.05, 4.69) is 4.98 Å². The Balaban J connectivity index is 1.77. The molecule has 0 bridgehead atoms. The number of ether oxygens (including phenoxy) is 1. The summed E-state index contributed by atoms with van der Waals surface area (Å²) in [6, 6.07) is 7.24. The fourth-order valence-corrected chi connectivity index (χ4v) is 3.82. The third kappa shape index (κ3) is 4.76. The van der Waals surface area contributed by atoms with Gasteiger partial charge in [-0.2, -0.15) is 13.2 Å². The van der Waals surface area contributed by atoms with Crippen LogP contribution in [0.4, 0.5) is 19.0 Å². The number of esters is 1. The SMILES string of the molecule is COC(=O)C(c1ccccc1Cl)N1CCN(c2ncc(C(F)(F)F)cc2Cl)CC1. The first-order chi connectivity index (χ1) is 13.7. The Kier molecular flexibility index (Phi) is 6.55. The number of carbonyl (C=O) groups excluding carboxylic acids is 1. The third-order valence-corrected chi connectivity index (χ3v) is 5.37. The molecule has 3 rings (SSSR count). The third-order valence-electron chi connectivity index (χ3n) is 4.75. The van der Waals surface area contributed by atoms with Gasteiger partial charge in [-0.3, -0.25) is 4.90 Å². The molecule has 1 unspecified atom stereocenters. The first-order valence-electron chi connectivity index (χ1n) is 8.76. The number of rotatable bonds is 4. The molecule has 0 amide bonds. The van der Waals surface area contributed by atoms with Crippen molar-refractivity contribution in [2.24, 2.45) is 0 Å². The highest BCUT2D eigenvalue weighted by atomic mass is 35.5. The molecule has 2 aromatic rings. The highest BCUT2D eigenvalue weighted by Gasteiger charge is 2.34. The van der Waals surface area contributed by atoms with Crippen LogP contribution in [0.15, 0.2) is 36.5 Å². The number of alkyl halides is 3. The number of hydrogen-bond acceptors (Lipinski definition) is 5. The van der Waals surface area contributed by atoms with Crippen LogP contribution in [0.3, 0.4) is 0 Å². The van der Waals surface area contributed by atoms with E-state index in [1.807, 2.05) is 4.90 Å². The van der Waals surface area contributed by atoms with Crippen LogP contribution in [-0.2, 0) is 15.7 Å². The van der Waals surface area contributed by atoms with Crippen LogP contribution in [-0.4, -0.2) is 49.1 Å². The molecule has 1 aliphatic heterocycles. The van der Waals surface area contributed by atoms with E-state index >= 15 is 0 Å². The number of piperazine rings is 1. The summed E-state index contributed by atoms with van der Waals surface area (Å²) in [5, 5.41) is 0.390. The number of hydrogen-bond donors (Lipinski definition) is 0. The molecule has 0 spiro atoms. The van der Waals surface area contributed by atoms with Gasteiger partial charge in [-0.25, -0.2) is 9.78 Å². The van der Waals surface area contributed by atoms with Gasteiger partial charge in [0, 0.05) is 37.4 Å². The fourth-order valence-electron chi connectivity index (χ4n) is 3.29. The quantitative estimate of drug-likeness (QED) is 0.648. The Hall–Kier alpha value is -2.03. The molecule has 29 heavy (non-hydrogen) atoms. The summed E-state index contributed by atoms with van der Waals surface area (Å²) in [6.07, 6.45) is -3.73. The van der Waals surface area contributed by atoms with E-state index in [1.165, 1.54) is 7.11 Å². The smallest absolute Gasteiger partial charge is 0.417 e. The van der Waals surface area contributed by atoms with E-state index in [9.17, 15) is 18.0 Å². The van der Waals surface area contributed by atoms with Crippen molar-refractivity contribution >= 4 is 35.0 Å². The van der Waals surface area contributed by atoms with Crippen LogP contribution >= 0.6 is 23.2 Å². The normalized spacial score (nSPS) is 16.6. The monoisotopic (exact) mass is 447 g/mol. The zero-order valence-electron chi connectivity index (χ0n) is 15.4. The van der Waals surface area contributed by atoms with Gasteiger partial charge in [-0.15, -0.1) is 0 Å². The summed E-state index contributed by atoms with van der Waals surface area (Å²) in [5.74, 6) is -0.149. The van der Waals surface area contributed by atoms with E-state index in [0.717, 1.165) is 12.3 Å². The first kappa shape index (κ1) is 21.7. The number of methoxy groups -OCH3 is 1. The van der Waals surface area contributed by atoms with Gasteiger partial charge in [0.25, 0.3) is 0 Å². The van der Waals surface area contributed by atoms with Gasteiger partial charge in [-0.05, 0) is 17.7 Å². The molecule has 10 heteroatoms. The molecule has 1 aromatic carbocycles. The van der Waals surface area contributed by atoms with E-state index in [4.69, 9.17) is 27.9 Å². The standard InChI is InChI=1S/C19H18Cl2F3N3O2/c1-29-18(28)16(13-4-2-3-5-14(13)20)26-6-8-27(9-7-26)17-15(21)10-12(11-25-17)19(22,23)24/h2-5,10-11,16H,6-9H2,1H3. The molecule has 5 nitrogen and oxygen atoms in total. The van der Waals surface area contributed by atoms with E-state index < -0.39 is 23.8 Å². The topological polar surface area (TPSA) is 45.7 Å². The van der Waals surface area contributed by atoms with Crippen molar-refractivity contribution in [1.29, 1.82) is 0 Å². The van der Waals surface area contributed by atoms with E-state index in [1.54, 1.807) is 29.2 Å². The Labute approximate surface area is 176 Å². The maximum Gasteiger partial charge on any atom is 0.417 e. The second kappa shape index (κ2) is 8.77. The summed E-state index contributed by atoms with van der Waals surface area (Å²) < 4.78 is 43.4. The molecule has 0 aliphatic carbocycles. The van der Waals surface area contributed by atoms with Crippen molar-refractivity contribution in [2.45, 2.75) is 12.2 Å². The van der Waals surface area contributed by atoms with Crippen molar-refractivity contribution in [3.63, 3.8) is 0 Å². The van der Waals surface area contributed by atoms with Crippen LogP contribution in [0, 0.1) is 0 Å². The number of halogens is 5. The lowest BCUT2D eigenvalue weighted by Crippen LogP contribution is -2.49. The zero-order valence-corrected chi connectivity index (χ0v) is 16.9. The molecule has 0 saturated carbocycles. The van der Waals surface area contributed by atoms with Gasteiger partial charge in [-0.1, -0.05) is 41.4 Å². The number of benzene rings is 1. The van der Waals surface area contributed by atoms with Crippen molar-refractivity contribution in [3.8, 4) is 0 Å². The number of aromatic nitrogens is 1. The molecule has 0 radical (unpaired) electrons. The van der Waals surface area contributed by atoms with E-state index in [-0.39, 0.29) is 10.8 Å². The molecule has 1 saturated heterocycles. The van der Waals surface area contributed by atoms with Crippen LogP contribution in [0.2, 0.25) is 10.0 Å². The van der Waals surface area contributed by atoms with Gasteiger partial charge in [0.1, 0.15) is 11.9 Å². The summed E-state index contributed by atoms with van der Waals surface area (Å²) in [6.45, 7) is 1.75. The van der Waals surface area contributed by atoms with E-state index in [0.29, 0.717) is 36.8 Å². The Morgan fingerprint density at radius 2 is 1.79 bits per heavy atom. The minimum atomic E-state index is -4.50. The number of anilines is 1. The highest BCUT2D eigenvalue weighted by molar-refractivity contribution is 6.33. The minimum Gasteiger partial charge on any atom is -0.468 e. The van der Waals surface area contributed by atoms with Crippen molar-refractivity contribution in [2.75, 3.05) is 38.2 Å². The largest absolute Gasteiger partial charge is 0.468 e. The summed E-state index contributed by atoms with van der Waals surface area (Å²) in [5.41, 5.74) is -0.255. The maximum atomic E-state index is 12.8. The highest BCUT2D eigenvalue weighted by Crippen LogP contribution is 2.35. The molecule has 1 atom stereocenters. The summed E-state index contributed by atoms with van der Waals surface area (Å²) in [4.78, 5) is 20.0. The predicted molar refractivity (Wildman–Crippen MR) is 104 cm³/mol. The molecule has 156 valence electrons. The molecule has 1 aromatic heterocycles. The van der Waals surface area contributed by atoms with Crippen molar-refractivity contribution in [3.05, 3.63) is 57.7 Å². The molecule has 0 N–H and O–H groups in total. The lowest BCUT2D eigenvalue weighted by molar-refractivity contribution is -0.147.